The van der Waals surface area contributed by atoms with Crippen molar-refractivity contribution in [3.05, 3.63) is 23.3 Å². The summed E-state index contributed by atoms with van der Waals surface area (Å²) in [7, 11) is -5.40. The Morgan fingerprint density at radius 3 is 2.29 bits per heavy atom. The number of nitrogens with one attached hydrogen (secondary N) is 1. The Bertz CT molecular complexity index is 807. The van der Waals surface area contributed by atoms with Crippen molar-refractivity contribution in [3.63, 3.8) is 0 Å². The Kier molecular flexibility index (Phi) is 6.85. The van der Waals surface area contributed by atoms with Gasteiger partial charge in [0.25, 0.3) is 0 Å². The van der Waals surface area contributed by atoms with Gasteiger partial charge in [0.1, 0.15) is 0 Å². The third-order valence-electron chi connectivity index (χ3n) is 4.21. The van der Waals surface area contributed by atoms with Crippen molar-refractivity contribution in [1.82, 2.24) is 9.62 Å². The van der Waals surface area contributed by atoms with Gasteiger partial charge < -0.3 is 5.32 Å². The molecule has 1 fully saturated rings. The van der Waals surface area contributed by atoms with Crippen molar-refractivity contribution >= 4 is 32.3 Å². The molecule has 1 unspecified atom stereocenters. The van der Waals surface area contributed by atoms with Crippen LogP contribution in [-0.4, -0.2) is 53.6 Å². The molecule has 0 aliphatic carbocycles. The molecule has 0 spiro atoms. The van der Waals surface area contributed by atoms with Crippen molar-refractivity contribution < 1.29 is 16.8 Å². The molecule has 1 atom stereocenters. The van der Waals surface area contributed by atoms with Crippen molar-refractivity contribution in [1.29, 1.82) is 0 Å². The minimum atomic E-state index is -3.72. The second kappa shape index (κ2) is 7.70. The van der Waals surface area contributed by atoms with Crippen LogP contribution < -0.4 is 5.32 Å². The maximum absolute atomic E-state index is 13.1. The molecule has 24 heavy (non-hydrogen) atoms. The van der Waals surface area contributed by atoms with Crippen molar-refractivity contribution in [2.75, 3.05) is 26.4 Å². The average molecular weight is 397 g/mol. The Labute approximate surface area is 151 Å². The summed E-state index contributed by atoms with van der Waals surface area (Å²) < 4.78 is 51.6. The molecule has 1 aromatic rings. The van der Waals surface area contributed by atoms with Gasteiger partial charge in [-0.05, 0) is 57.0 Å². The summed E-state index contributed by atoms with van der Waals surface area (Å²) in [6.45, 7) is 4.33. The van der Waals surface area contributed by atoms with Gasteiger partial charge in [0.2, 0.25) is 10.0 Å². The van der Waals surface area contributed by atoms with Crippen LogP contribution in [-0.2, 0) is 19.9 Å². The first-order valence-electron chi connectivity index (χ1n) is 7.56. The van der Waals surface area contributed by atoms with Crippen LogP contribution in [0.1, 0.15) is 24.0 Å². The predicted octanol–water partition coefficient (Wildman–Crippen LogP) is 1.50. The molecule has 0 amide bonds. The van der Waals surface area contributed by atoms with Gasteiger partial charge in [0.15, 0.2) is 9.84 Å². The fourth-order valence-corrected chi connectivity index (χ4v) is 6.29. The number of sulfonamides is 1. The fraction of sp³-hybridized carbons (Fsp3) is 0.600. The topological polar surface area (TPSA) is 83.6 Å². The highest BCUT2D eigenvalue weighted by Crippen LogP contribution is 2.31. The zero-order valence-electron chi connectivity index (χ0n) is 14.4. The van der Waals surface area contributed by atoms with Crippen LogP contribution in [0.3, 0.4) is 0 Å². The molecule has 1 heterocycles. The molecule has 1 aromatic carbocycles. The minimum Gasteiger partial charge on any atom is -0.318 e. The van der Waals surface area contributed by atoms with Crippen LogP contribution in [0.4, 0.5) is 0 Å². The van der Waals surface area contributed by atoms with E-state index in [0.29, 0.717) is 24.2 Å². The van der Waals surface area contributed by atoms with Crippen LogP contribution in [0, 0.1) is 13.8 Å². The van der Waals surface area contributed by atoms with Crippen molar-refractivity contribution in [3.8, 4) is 0 Å². The number of aryl methyl sites for hydroxylation is 1. The number of likely N-dealkylation sites (N-methyl/N-ethyl adjacent to an activating group) is 1. The summed E-state index contributed by atoms with van der Waals surface area (Å²) in [6, 6.07) is 3.00. The molecule has 1 aliphatic rings. The number of rotatable bonds is 5. The van der Waals surface area contributed by atoms with Crippen LogP contribution in [0.5, 0.6) is 0 Å². The van der Waals surface area contributed by atoms with Gasteiger partial charge in [-0.15, -0.1) is 12.4 Å². The lowest BCUT2D eigenvalue weighted by molar-refractivity contribution is 0.379. The highest BCUT2D eigenvalue weighted by atomic mass is 35.5. The van der Waals surface area contributed by atoms with E-state index in [-0.39, 0.29) is 28.2 Å². The molecule has 0 radical (unpaired) electrons. The average Bonchev–Trinajstić information content (AvgIpc) is 2.89. The van der Waals surface area contributed by atoms with E-state index in [4.69, 9.17) is 0 Å². The van der Waals surface area contributed by atoms with Gasteiger partial charge in [-0.1, -0.05) is 0 Å². The number of sulfone groups is 1. The van der Waals surface area contributed by atoms with E-state index in [1.807, 2.05) is 0 Å². The first-order chi connectivity index (χ1) is 10.6. The lowest BCUT2D eigenvalue weighted by Gasteiger charge is -2.25. The van der Waals surface area contributed by atoms with Crippen LogP contribution in [0.25, 0.3) is 0 Å². The van der Waals surface area contributed by atoms with Gasteiger partial charge >= 0.3 is 0 Å². The van der Waals surface area contributed by atoms with Gasteiger partial charge in [-0.2, -0.15) is 4.31 Å². The van der Waals surface area contributed by atoms with E-state index < -0.39 is 19.9 Å². The SMILES string of the molecule is CNCC1CCCN1S(=O)(=O)c1cc(C)cc(S(C)(=O)=O)c1C.Cl. The summed E-state index contributed by atoms with van der Waals surface area (Å²) >= 11 is 0. The van der Waals surface area contributed by atoms with E-state index in [2.05, 4.69) is 5.32 Å². The second-order valence-corrected chi connectivity index (χ2v) is 9.97. The van der Waals surface area contributed by atoms with Crippen molar-refractivity contribution in [2.24, 2.45) is 0 Å². The molecule has 6 nitrogen and oxygen atoms in total. The van der Waals surface area contributed by atoms with E-state index >= 15 is 0 Å². The predicted molar refractivity (Wildman–Crippen MR) is 97.1 cm³/mol. The van der Waals surface area contributed by atoms with Crippen molar-refractivity contribution in [2.45, 2.75) is 42.5 Å². The quantitative estimate of drug-likeness (QED) is 0.815. The van der Waals surface area contributed by atoms with Gasteiger partial charge in [0.05, 0.1) is 9.79 Å². The van der Waals surface area contributed by atoms with E-state index in [9.17, 15) is 16.8 Å². The Morgan fingerprint density at radius 2 is 1.75 bits per heavy atom. The standard InChI is InChI=1S/C15H24N2O4S2.ClH/c1-11-8-14(22(4,18)19)12(2)15(9-11)23(20,21)17-7-5-6-13(17)10-16-3;/h8-9,13,16H,5-7,10H2,1-4H3;1H. The van der Waals surface area contributed by atoms with Crippen LogP contribution >= 0.6 is 12.4 Å². The summed E-state index contributed by atoms with van der Waals surface area (Å²) in [5.41, 5.74) is 0.923. The Hall–Kier alpha value is -0.670. The van der Waals surface area contributed by atoms with E-state index in [1.54, 1.807) is 27.0 Å². The molecule has 138 valence electrons. The maximum Gasteiger partial charge on any atom is 0.243 e. The Balaban J connectivity index is 0.00000288. The number of benzene rings is 1. The number of halogens is 1. The van der Waals surface area contributed by atoms with E-state index in [1.165, 1.54) is 10.4 Å². The van der Waals surface area contributed by atoms with Crippen LogP contribution in [0.15, 0.2) is 21.9 Å². The molecular weight excluding hydrogens is 372 g/mol. The smallest absolute Gasteiger partial charge is 0.243 e. The Morgan fingerprint density at radius 1 is 1.17 bits per heavy atom. The highest BCUT2D eigenvalue weighted by molar-refractivity contribution is 7.91. The molecule has 0 bridgehead atoms. The van der Waals surface area contributed by atoms with Crippen LogP contribution in [0.2, 0.25) is 0 Å². The lowest BCUT2D eigenvalue weighted by Crippen LogP contribution is -2.41. The number of hydrogen-bond acceptors (Lipinski definition) is 5. The lowest BCUT2D eigenvalue weighted by atomic mass is 10.2. The normalized spacial score (nSPS) is 19.2. The number of nitrogens with zero attached hydrogens (tertiary/aromatic N) is 1. The van der Waals surface area contributed by atoms with Gasteiger partial charge in [0, 0.05) is 25.4 Å². The zero-order valence-corrected chi connectivity index (χ0v) is 16.8. The molecule has 2 rings (SSSR count). The summed E-state index contributed by atoms with van der Waals surface area (Å²) in [4.78, 5) is 0.182. The molecule has 1 N–H and O–H groups in total. The fourth-order valence-electron chi connectivity index (χ4n) is 3.14. The molecule has 0 saturated carbocycles. The summed E-state index contributed by atoms with van der Waals surface area (Å²) in [6.07, 6.45) is 2.73. The largest absolute Gasteiger partial charge is 0.318 e. The third kappa shape index (κ3) is 4.11. The van der Waals surface area contributed by atoms with Gasteiger partial charge in [-0.3, -0.25) is 0 Å². The molecule has 0 aromatic heterocycles. The second-order valence-electron chi connectivity index (χ2n) is 6.13. The molecular formula is C15H25ClN2O4S2. The first kappa shape index (κ1) is 21.4. The highest BCUT2D eigenvalue weighted by Gasteiger charge is 2.36. The minimum absolute atomic E-state index is 0. The summed E-state index contributed by atoms with van der Waals surface area (Å²) in [5, 5.41) is 3.02. The van der Waals surface area contributed by atoms with Gasteiger partial charge in [-0.25, -0.2) is 16.8 Å². The molecule has 1 aliphatic heterocycles. The third-order valence-corrected chi connectivity index (χ3v) is 7.51. The summed E-state index contributed by atoms with van der Waals surface area (Å²) in [5.74, 6) is 0. The number of hydrogen-bond donors (Lipinski definition) is 1. The molecule has 1 saturated heterocycles. The first-order valence-corrected chi connectivity index (χ1v) is 10.9. The maximum atomic E-state index is 13.1. The monoisotopic (exact) mass is 396 g/mol. The van der Waals surface area contributed by atoms with E-state index in [0.717, 1.165) is 19.1 Å². The zero-order chi connectivity index (χ0) is 17.4. The molecule has 9 heteroatoms.